The number of hydrogen-bond acceptors (Lipinski definition) is 4. The number of nitrogens with one attached hydrogen (secondary N) is 1. The molecule has 0 spiro atoms. The Morgan fingerprint density at radius 3 is 2.07 bits per heavy atom. The van der Waals surface area contributed by atoms with Crippen molar-refractivity contribution in [3.8, 4) is 0 Å². The number of carbonyl (C=O) groups is 2. The Morgan fingerprint density at radius 2 is 1.61 bits per heavy atom. The van der Waals surface area contributed by atoms with Gasteiger partial charge in [-0.2, -0.15) is 0 Å². The maximum atomic E-state index is 12.5. The fourth-order valence-corrected chi connectivity index (χ4v) is 2.60. The van der Waals surface area contributed by atoms with Crippen LogP contribution in [0.5, 0.6) is 0 Å². The lowest BCUT2D eigenvalue weighted by Gasteiger charge is -2.32. The van der Waals surface area contributed by atoms with Crippen LogP contribution in [0.15, 0.2) is 0 Å². The molecule has 0 fully saturated rings. The molecule has 0 aromatic heterocycles. The summed E-state index contributed by atoms with van der Waals surface area (Å²) < 4.78 is 11.4. The summed E-state index contributed by atoms with van der Waals surface area (Å²) in [6.07, 6.45) is 3.54. The standard InChI is InChI=1S/C21H41NO4.C2H6.H2/c1-8-20(6,19(24)22-14-16-25-10-3)13-15-26-21(7,9-2)12-11-18(23)17(4)5;1-2;/h17H,8-16H2,1-7H3,(H,22,24);1-2H3;1H. The first-order chi connectivity index (χ1) is 13.1. The van der Waals surface area contributed by atoms with E-state index in [4.69, 9.17) is 9.47 Å². The third kappa shape index (κ3) is 11.8. The second kappa shape index (κ2) is 15.9. The molecular weight excluding hydrogens is 354 g/mol. The fourth-order valence-electron chi connectivity index (χ4n) is 2.60. The molecule has 2 unspecified atom stereocenters. The van der Waals surface area contributed by atoms with Crippen LogP contribution in [-0.4, -0.2) is 43.7 Å². The van der Waals surface area contributed by atoms with Gasteiger partial charge in [-0.25, -0.2) is 0 Å². The summed E-state index contributed by atoms with van der Waals surface area (Å²) in [7, 11) is 0. The second-order valence-electron chi connectivity index (χ2n) is 7.89. The van der Waals surface area contributed by atoms with Crippen molar-refractivity contribution in [3.05, 3.63) is 0 Å². The SMILES string of the molecule is CC.CCOCCNC(=O)C(C)(CC)CCOC(C)(CC)CCC(=O)C(C)C.[HH]. The highest BCUT2D eigenvalue weighted by molar-refractivity contribution is 5.82. The minimum Gasteiger partial charge on any atom is -0.380 e. The topological polar surface area (TPSA) is 64.6 Å². The molecule has 0 aliphatic heterocycles. The molecule has 0 saturated heterocycles. The first-order valence-corrected chi connectivity index (χ1v) is 11.2. The summed E-state index contributed by atoms with van der Waals surface area (Å²) in [6, 6.07) is 0. The van der Waals surface area contributed by atoms with Gasteiger partial charge in [0, 0.05) is 38.9 Å². The molecule has 0 rings (SSSR count). The smallest absolute Gasteiger partial charge is 0.226 e. The van der Waals surface area contributed by atoms with Gasteiger partial charge in [-0.15, -0.1) is 0 Å². The van der Waals surface area contributed by atoms with Gasteiger partial charge in [0.05, 0.1) is 12.2 Å². The Morgan fingerprint density at radius 1 is 1.00 bits per heavy atom. The highest BCUT2D eigenvalue weighted by atomic mass is 16.5. The lowest BCUT2D eigenvalue weighted by Crippen LogP contribution is -2.41. The Balaban J connectivity index is -0.00000218. The van der Waals surface area contributed by atoms with Gasteiger partial charge in [-0.3, -0.25) is 9.59 Å². The van der Waals surface area contributed by atoms with Crippen LogP contribution < -0.4 is 5.32 Å². The molecule has 0 aliphatic rings. The van der Waals surface area contributed by atoms with E-state index in [0.717, 1.165) is 19.3 Å². The molecule has 2 atom stereocenters. The van der Waals surface area contributed by atoms with E-state index >= 15 is 0 Å². The van der Waals surface area contributed by atoms with Crippen LogP contribution in [-0.2, 0) is 19.1 Å². The van der Waals surface area contributed by atoms with E-state index in [-0.39, 0.29) is 24.6 Å². The van der Waals surface area contributed by atoms with E-state index in [2.05, 4.69) is 19.2 Å². The third-order valence-corrected chi connectivity index (χ3v) is 5.46. The zero-order chi connectivity index (χ0) is 22.2. The van der Waals surface area contributed by atoms with Crippen LogP contribution in [0.4, 0.5) is 0 Å². The zero-order valence-electron chi connectivity index (χ0n) is 20.1. The zero-order valence-corrected chi connectivity index (χ0v) is 20.1. The van der Waals surface area contributed by atoms with Gasteiger partial charge < -0.3 is 14.8 Å². The minimum atomic E-state index is -0.450. The summed E-state index contributed by atoms with van der Waals surface area (Å²) in [4.78, 5) is 24.4. The average molecular weight is 404 g/mol. The molecule has 5 nitrogen and oxygen atoms in total. The van der Waals surface area contributed by atoms with Gasteiger partial charge in [0.15, 0.2) is 0 Å². The van der Waals surface area contributed by atoms with Gasteiger partial charge in [-0.1, -0.05) is 48.5 Å². The highest BCUT2D eigenvalue weighted by Crippen LogP contribution is 2.29. The Kier molecular flexibility index (Phi) is 16.6. The minimum absolute atomic E-state index is 0. The molecule has 0 radical (unpaired) electrons. The Hall–Kier alpha value is -0.940. The average Bonchev–Trinajstić information content (AvgIpc) is 2.70. The van der Waals surface area contributed by atoms with E-state index in [1.165, 1.54) is 0 Å². The van der Waals surface area contributed by atoms with E-state index in [1.54, 1.807) is 0 Å². The summed E-state index contributed by atoms with van der Waals surface area (Å²) in [5.74, 6) is 0.400. The maximum Gasteiger partial charge on any atom is 0.226 e. The van der Waals surface area contributed by atoms with Crippen molar-refractivity contribution in [1.82, 2.24) is 5.32 Å². The van der Waals surface area contributed by atoms with Crippen molar-refractivity contribution < 1.29 is 20.5 Å². The van der Waals surface area contributed by atoms with Gasteiger partial charge in [0.25, 0.3) is 0 Å². The Labute approximate surface area is 175 Å². The van der Waals surface area contributed by atoms with E-state index < -0.39 is 5.41 Å². The van der Waals surface area contributed by atoms with Crippen LogP contribution in [0, 0.1) is 11.3 Å². The number of ketones is 1. The fraction of sp³-hybridized carbons (Fsp3) is 0.913. The molecule has 0 bridgehead atoms. The summed E-state index contributed by atoms with van der Waals surface area (Å²) in [6.45, 7) is 20.2. The van der Waals surface area contributed by atoms with Crippen LogP contribution >= 0.6 is 0 Å². The van der Waals surface area contributed by atoms with Crippen LogP contribution in [0.25, 0.3) is 0 Å². The first-order valence-electron chi connectivity index (χ1n) is 11.2. The molecule has 170 valence electrons. The van der Waals surface area contributed by atoms with Crippen LogP contribution in [0.3, 0.4) is 0 Å². The summed E-state index contributed by atoms with van der Waals surface area (Å²) in [5, 5.41) is 2.96. The third-order valence-electron chi connectivity index (χ3n) is 5.46. The lowest BCUT2D eigenvalue weighted by atomic mass is 9.83. The number of ether oxygens (including phenoxy) is 2. The largest absolute Gasteiger partial charge is 0.380 e. The predicted octanol–water partition coefficient (Wildman–Crippen LogP) is 5.41. The molecule has 28 heavy (non-hydrogen) atoms. The quantitative estimate of drug-likeness (QED) is 0.371. The number of rotatable bonds is 15. The molecule has 0 aliphatic carbocycles. The first kappa shape index (κ1) is 29.3. The van der Waals surface area contributed by atoms with Crippen molar-refractivity contribution in [2.45, 2.75) is 100 Å². The lowest BCUT2D eigenvalue weighted by molar-refractivity contribution is -0.133. The molecule has 5 heteroatoms. The second-order valence-corrected chi connectivity index (χ2v) is 7.89. The predicted molar refractivity (Wildman–Crippen MR) is 120 cm³/mol. The Bertz CT molecular complexity index is 431. The highest BCUT2D eigenvalue weighted by Gasteiger charge is 2.32. The molecule has 1 N–H and O–H groups in total. The molecular formula is C23H49NO4. The van der Waals surface area contributed by atoms with Gasteiger partial charge in [0.2, 0.25) is 5.91 Å². The van der Waals surface area contributed by atoms with Crippen LogP contribution in [0.1, 0.15) is 95.8 Å². The van der Waals surface area contributed by atoms with E-state index in [0.29, 0.717) is 39.2 Å². The normalized spacial score (nSPS) is 15.2. The molecule has 1 amide bonds. The maximum absolute atomic E-state index is 12.5. The summed E-state index contributed by atoms with van der Waals surface area (Å²) >= 11 is 0. The number of amides is 1. The monoisotopic (exact) mass is 403 g/mol. The summed E-state index contributed by atoms with van der Waals surface area (Å²) in [5.41, 5.74) is -0.765. The van der Waals surface area contributed by atoms with E-state index in [1.807, 2.05) is 48.5 Å². The van der Waals surface area contributed by atoms with Gasteiger partial charge in [0.1, 0.15) is 5.78 Å². The van der Waals surface area contributed by atoms with E-state index in [9.17, 15) is 9.59 Å². The number of hydrogen-bond donors (Lipinski definition) is 1. The van der Waals surface area contributed by atoms with Crippen molar-refractivity contribution in [3.63, 3.8) is 0 Å². The van der Waals surface area contributed by atoms with Gasteiger partial charge >= 0.3 is 0 Å². The van der Waals surface area contributed by atoms with Gasteiger partial charge in [-0.05, 0) is 39.5 Å². The molecule has 0 heterocycles. The van der Waals surface area contributed by atoms with Crippen molar-refractivity contribution >= 4 is 11.7 Å². The van der Waals surface area contributed by atoms with Crippen LogP contribution in [0.2, 0.25) is 0 Å². The molecule has 0 saturated carbocycles. The van der Waals surface area contributed by atoms with Crippen molar-refractivity contribution in [2.75, 3.05) is 26.4 Å². The molecule has 0 aromatic rings. The number of Topliss-reactive ketones (excluding diaryl/α,β-unsaturated/α-hetero) is 1. The van der Waals surface area contributed by atoms with Crippen molar-refractivity contribution in [2.24, 2.45) is 11.3 Å². The molecule has 0 aromatic carbocycles. The number of carbonyl (C=O) groups excluding carboxylic acids is 2. The van der Waals surface area contributed by atoms with Crippen molar-refractivity contribution in [1.29, 1.82) is 0 Å².